The Balaban J connectivity index is 1.86. The van der Waals surface area contributed by atoms with E-state index in [0.29, 0.717) is 35.3 Å². The fourth-order valence-electron chi connectivity index (χ4n) is 2.16. The lowest BCUT2D eigenvalue weighted by molar-refractivity contribution is -0.134. The zero-order valence-corrected chi connectivity index (χ0v) is 14.7. The summed E-state index contributed by atoms with van der Waals surface area (Å²) < 4.78 is 5.14. The fraction of sp³-hybridized carbons (Fsp3) is 0.294. The molecule has 2 amide bonds. The molecule has 0 aliphatic rings. The van der Waals surface area contributed by atoms with Gasteiger partial charge in [-0.05, 0) is 36.2 Å². The molecule has 1 heterocycles. The van der Waals surface area contributed by atoms with Crippen molar-refractivity contribution in [3.63, 3.8) is 0 Å². The molecule has 0 atom stereocenters. The van der Waals surface area contributed by atoms with Crippen LogP contribution in [0, 0.1) is 0 Å². The minimum atomic E-state index is -0.246. The molecule has 2 aromatic rings. The van der Waals surface area contributed by atoms with Crippen molar-refractivity contribution in [1.82, 2.24) is 10.2 Å². The molecular weight excluding hydrogens is 351 g/mol. The topological polar surface area (TPSA) is 62.6 Å². The molecular formula is C17H18Cl2N2O3. The van der Waals surface area contributed by atoms with Gasteiger partial charge < -0.3 is 14.6 Å². The molecule has 0 radical (unpaired) electrons. The van der Waals surface area contributed by atoms with E-state index in [1.165, 1.54) is 11.8 Å². The van der Waals surface area contributed by atoms with Crippen LogP contribution in [0.1, 0.15) is 18.2 Å². The van der Waals surface area contributed by atoms with Crippen LogP contribution in [-0.2, 0) is 22.6 Å². The van der Waals surface area contributed by atoms with Gasteiger partial charge in [0, 0.05) is 23.5 Å². The molecule has 0 fully saturated rings. The second-order valence-corrected chi connectivity index (χ2v) is 6.13. The third-order valence-electron chi connectivity index (χ3n) is 3.49. The van der Waals surface area contributed by atoms with E-state index in [2.05, 4.69) is 5.32 Å². The third kappa shape index (κ3) is 5.58. The lowest BCUT2D eigenvalue weighted by Crippen LogP contribution is -2.40. The summed E-state index contributed by atoms with van der Waals surface area (Å²) in [6.45, 7) is 2.11. The Bertz CT molecular complexity index is 702. The maximum Gasteiger partial charge on any atom is 0.240 e. The van der Waals surface area contributed by atoms with Crippen LogP contribution >= 0.6 is 23.2 Å². The van der Waals surface area contributed by atoms with Gasteiger partial charge in [0.2, 0.25) is 11.8 Å². The Kier molecular flexibility index (Phi) is 6.70. The van der Waals surface area contributed by atoms with Crippen molar-refractivity contribution < 1.29 is 14.0 Å². The number of carbonyl (C=O) groups is 2. The number of rotatable bonds is 7. The van der Waals surface area contributed by atoms with Crippen molar-refractivity contribution in [1.29, 1.82) is 0 Å². The Hall–Kier alpha value is -1.98. The highest BCUT2D eigenvalue weighted by Gasteiger charge is 2.14. The average Bonchev–Trinajstić information content (AvgIpc) is 3.04. The van der Waals surface area contributed by atoms with Gasteiger partial charge in [-0.3, -0.25) is 9.59 Å². The Labute approximate surface area is 150 Å². The molecule has 0 unspecified atom stereocenters. The summed E-state index contributed by atoms with van der Waals surface area (Å²) in [7, 11) is 0. The number of benzene rings is 1. The largest absolute Gasteiger partial charge is 0.467 e. The zero-order chi connectivity index (χ0) is 17.5. The van der Waals surface area contributed by atoms with E-state index >= 15 is 0 Å². The predicted molar refractivity (Wildman–Crippen MR) is 93.0 cm³/mol. The highest BCUT2D eigenvalue weighted by atomic mass is 35.5. The third-order valence-corrected chi connectivity index (χ3v) is 4.07. The van der Waals surface area contributed by atoms with Crippen LogP contribution in [0.15, 0.2) is 41.0 Å². The number of amides is 2. The van der Waals surface area contributed by atoms with Gasteiger partial charge in [0.05, 0.1) is 19.4 Å². The quantitative estimate of drug-likeness (QED) is 0.815. The first-order valence-electron chi connectivity index (χ1n) is 7.44. The monoisotopic (exact) mass is 368 g/mol. The summed E-state index contributed by atoms with van der Waals surface area (Å²) in [6, 6.07) is 8.74. The number of furan rings is 1. The van der Waals surface area contributed by atoms with Crippen LogP contribution in [0.5, 0.6) is 0 Å². The van der Waals surface area contributed by atoms with Crippen molar-refractivity contribution >= 4 is 35.0 Å². The number of hydrogen-bond donors (Lipinski definition) is 1. The van der Waals surface area contributed by atoms with Crippen molar-refractivity contribution in [3.8, 4) is 0 Å². The SMILES string of the molecule is CC(=O)N(CCc1ccc(Cl)cc1Cl)CC(=O)NCc1ccco1. The van der Waals surface area contributed by atoms with Crippen LogP contribution in [0.4, 0.5) is 0 Å². The minimum absolute atomic E-state index is 0.0126. The van der Waals surface area contributed by atoms with E-state index in [4.69, 9.17) is 27.6 Å². The number of nitrogens with one attached hydrogen (secondary N) is 1. The van der Waals surface area contributed by atoms with Gasteiger partial charge >= 0.3 is 0 Å². The van der Waals surface area contributed by atoms with Crippen LogP contribution in [-0.4, -0.2) is 29.8 Å². The van der Waals surface area contributed by atoms with Gasteiger partial charge in [-0.1, -0.05) is 29.3 Å². The van der Waals surface area contributed by atoms with Crippen LogP contribution in [0.3, 0.4) is 0 Å². The van der Waals surface area contributed by atoms with Crippen molar-refractivity contribution in [2.75, 3.05) is 13.1 Å². The molecule has 0 saturated heterocycles. The van der Waals surface area contributed by atoms with E-state index in [0.717, 1.165) is 5.56 Å². The van der Waals surface area contributed by atoms with E-state index in [-0.39, 0.29) is 18.4 Å². The minimum Gasteiger partial charge on any atom is -0.467 e. The molecule has 0 aliphatic carbocycles. The zero-order valence-electron chi connectivity index (χ0n) is 13.2. The summed E-state index contributed by atoms with van der Waals surface area (Å²) in [5.41, 5.74) is 0.878. The molecule has 0 bridgehead atoms. The van der Waals surface area contributed by atoms with Crippen molar-refractivity contribution in [3.05, 3.63) is 58.0 Å². The van der Waals surface area contributed by atoms with Crippen LogP contribution < -0.4 is 5.32 Å². The average molecular weight is 369 g/mol. The van der Waals surface area contributed by atoms with E-state index in [1.807, 2.05) is 6.07 Å². The van der Waals surface area contributed by atoms with E-state index in [9.17, 15) is 9.59 Å². The van der Waals surface area contributed by atoms with Gasteiger partial charge in [0.1, 0.15) is 5.76 Å². The number of hydrogen-bond acceptors (Lipinski definition) is 3. The maximum atomic E-state index is 12.0. The Morgan fingerprint density at radius 2 is 2.04 bits per heavy atom. The van der Waals surface area contributed by atoms with Gasteiger partial charge in [-0.25, -0.2) is 0 Å². The number of carbonyl (C=O) groups excluding carboxylic acids is 2. The molecule has 1 aromatic carbocycles. The van der Waals surface area contributed by atoms with Crippen LogP contribution in [0.2, 0.25) is 10.0 Å². The summed E-state index contributed by atoms with van der Waals surface area (Å²) in [4.78, 5) is 25.2. The molecule has 0 saturated carbocycles. The summed E-state index contributed by atoms with van der Waals surface area (Å²) >= 11 is 12.0. The molecule has 24 heavy (non-hydrogen) atoms. The molecule has 2 rings (SSSR count). The lowest BCUT2D eigenvalue weighted by Gasteiger charge is -2.20. The number of halogens is 2. The Morgan fingerprint density at radius 3 is 2.67 bits per heavy atom. The standard InChI is InChI=1S/C17H18Cl2N2O3/c1-12(22)21(7-6-13-4-5-14(18)9-16(13)19)11-17(23)20-10-15-3-2-8-24-15/h2-5,8-9H,6-7,10-11H2,1H3,(H,20,23). The molecule has 7 heteroatoms. The van der Waals surface area contributed by atoms with Crippen LogP contribution in [0.25, 0.3) is 0 Å². The molecule has 0 aliphatic heterocycles. The second-order valence-electron chi connectivity index (χ2n) is 5.28. The Morgan fingerprint density at radius 1 is 1.25 bits per heavy atom. The summed E-state index contributed by atoms with van der Waals surface area (Å²) in [5.74, 6) is 0.239. The first kappa shape index (κ1) is 18.4. The summed E-state index contributed by atoms with van der Waals surface area (Å²) in [5, 5.41) is 3.83. The molecule has 128 valence electrons. The second kappa shape index (κ2) is 8.76. The van der Waals surface area contributed by atoms with Crippen molar-refractivity contribution in [2.45, 2.75) is 19.9 Å². The smallest absolute Gasteiger partial charge is 0.240 e. The van der Waals surface area contributed by atoms with Gasteiger partial charge in [0.25, 0.3) is 0 Å². The maximum absolute atomic E-state index is 12.0. The van der Waals surface area contributed by atoms with Gasteiger partial charge in [0.15, 0.2) is 0 Å². The van der Waals surface area contributed by atoms with Gasteiger partial charge in [-0.15, -0.1) is 0 Å². The van der Waals surface area contributed by atoms with E-state index in [1.54, 1.807) is 30.5 Å². The first-order valence-corrected chi connectivity index (χ1v) is 8.20. The lowest BCUT2D eigenvalue weighted by atomic mass is 10.1. The normalized spacial score (nSPS) is 10.5. The molecule has 1 aromatic heterocycles. The fourth-order valence-corrected chi connectivity index (χ4v) is 2.66. The van der Waals surface area contributed by atoms with E-state index < -0.39 is 0 Å². The van der Waals surface area contributed by atoms with Crippen molar-refractivity contribution in [2.24, 2.45) is 0 Å². The molecule has 5 nitrogen and oxygen atoms in total. The number of nitrogens with zero attached hydrogens (tertiary/aromatic N) is 1. The first-order chi connectivity index (χ1) is 11.5. The van der Waals surface area contributed by atoms with Gasteiger partial charge in [-0.2, -0.15) is 0 Å². The predicted octanol–water partition coefficient (Wildman–Crippen LogP) is 3.29. The molecule has 0 spiro atoms. The summed E-state index contributed by atoms with van der Waals surface area (Å²) in [6.07, 6.45) is 2.08. The molecule has 1 N–H and O–H groups in total. The highest BCUT2D eigenvalue weighted by molar-refractivity contribution is 6.35. The highest BCUT2D eigenvalue weighted by Crippen LogP contribution is 2.21.